The second kappa shape index (κ2) is 8.32. The highest BCUT2D eigenvalue weighted by Gasteiger charge is 2.27. The van der Waals surface area contributed by atoms with Gasteiger partial charge in [0.05, 0.1) is 17.8 Å². The Balaban J connectivity index is 0.00000225. The van der Waals surface area contributed by atoms with Gasteiger partial charge in [-0.25, -0.2) is 5.43 Å². The summed E-state index contributed by atoms with van der Waals surface area (Å²) in [5.74, 6) is -0.255. The Bertz CT molecular complexity index is 930. The van der Waals surface area contributed by atoms with E-state index < -0.39 is 6.04 Å². The van der Waals surface area contributed by atoms with Gasteiger partial charge in [0.25, 0.3) is 5.91 Å². The maximum Gasteiger partial charge on any atom is 0.272 e. The predicted molar refractivity (Wildman–Crippen MR) is 113 cm³/mol. The van der Waals surface area contributed by atoms with Crippen molar-refractivity contribution >= 4 is 47.0 Å². The Morgan fingerprint density at radius 2 is 2.07 bits per heavy atom. The van der Waals surface area contributed by atoms with E-state index in [1.54, 1.807) is 12.3 Å². The molecular weight excluding hydrogens is 378 g/mol. The Kier molecular flexibility index (Phi) is 6.05. The van der Waals surface area contributed by atoms with Crippen molar-refractivity contribution in [3.63, 3.8) is 0 Å². The molecule has 1 aliphatic heterocycles. The molecule has 5 N–H and O–H groups in total. The van der Waals surface area contributed by atoms with Gasteiger partial charge in [-0.15, -0.1) is 12.4 Å². The summed E-state index contributed by atoms with van der Waals surface area (Å²) in [4.78, 5) is 28.4. The van der Waals surface area contributed by atoms with Gasteiger partial charge >= 0.3 is 0 Å². The number of nitrogens with one attached hydrogen (secondary N) is 3. The normalized spacial score (nSPS) is 17.6. The zero-order chi connectivity index (χ0) is 19.0. The minimum atomic E-state index is -0.525. The van der Waals surface area contributed by atoms with E-state index in [0.717, 1.165) is 54.3 Å². The first-order valence-corrected chi connectivity index (χ1v) is 9.67. The molecule has 7 nitrogen and oxygen atoms in total. The largest absolute Gasteiger partial charge is 0.358 e. The third-order valence-corrected chi connectivity index (χ3v) is 5.70. The van der Waals surface area contributed by atoms with E-state index in [2.05, 4.69) is 20.8 Å². The maximum absolute atomic E-state index is 12.7. The van der Waals surface area contributed by atoms with Crippen molar-refractivity contribution in [2.75, 3.05) is 5.32 Å². The summed E-state index contributed by atoms with van der Waals surface area (Å²) in [5.41, 5.74) is 12.5. The van der Waals surface area contributed by atoms with Crippen LogP contribution in [0.2, 0.25) is 0 Å². The van der Waals surface area contributed by atoms with Crippen LogP contribution in [-0.2, 0) is 11.2 Å². The van der Waals surface area contributed by atoms with Gasteiger partial charge in [0.1, 0.15) is 0 Å². The summed E-state index contributed by atoms with van der Waals surface area (Å²) in [6.45, 7) is 2.04. The first kappa shape index (κ1) is 20.4. The maximum atomic E-state index is 12.7. The number of aryl methyl sites for hydroxylation is 1. The average Bonchev–Trinajstić information content (AvgIpc) is 2.95. The molecule has 2 heterocycles. The van der Waals surface area contributed by atoms with Gasteiger partial charge in [-0.05, 0) is 37.3 Å². The molecule has 0 saturated heterocycles. The molecule has 0 unspecified atom stereocenters. The fraction of sp³-hybridized carbons (Fsp3) is 0.450. The molecule has 1 aliphatic carbocycles. The van der Waals surface area contributed by atoms with Crippen molar-refractivity contribution in [2.24, 2.45) is 16.8 Å². The lowest BCUT2D eigenvalue weighted by Crippen LogP contribution is -2.42. The SMILES string of the molecule is CCc1[nH]c2cc(NC(=O)[C@H](N)C3CCCCC3)cc3c2c1C=NNC3=O.Cl. The van der Waals surface area contributed by atoms with Crippen LogP contribution in [0.4, 0.5) is 5.69 Å². The second-order valence-corrected chi connectivity index (χ2v) is 7.43. The zero-order valence-corrected chi connectivity index (χ0v) is 16.7. The number of hydrogen-bond acceptors (Lipinski definition) is 4. The lowest BCUT2D eigenvalue weighted by atomic mass is 9.84. The Morgan fingerprint density at radius 1 is 1.32 bits per heavy atom. The highest BCUT2D eigenvalue weighted by atomic mass is 35.5. The molecule has 150 valence electrons. The summed E-state index contributed by atoms with van der Waals surface area (Å²) in [5, 5.41) is 7.75. The Morgan fingerprint density at radius 3 is 2.79 bits per heavy atom. The van der Waals surface area contributed by atoms with Crippen LogP contribution in [0.3, 0.4) is 0 Å². The minimum absolute atomic E-state index is 0. The van der Waals surface area contributed by atoms with Gasteiger partial charge in [-0.3, -0.25) is 9.59 Å². The number of halogens is 1. The first-order chi connectivity index (χ1) is 13.1. The van der Waals surface area contributed by atoms with Crippen LogP contribution in [0.25, 0.3) is 10.9 Å². The quantitative estimate of drug-likeness (QED) is 0.629. The van der Waals surface area contributed by atoms with Crippen molar-refractivity contribution in [1.29, 1.82) is 0 Å². The van der Waals surface area contributed by atoms with E-state index in [9.17, 15) is 9.59 Å². The van der Waals surface area contributed by atoms with E-state index in [0.29, 0.717) is 11.3 Å². The standard InChI is InChI=1S/C20H25N5O2.ClH/c1-2-15-14-10-22-25-19(26)13-8-12(9-16(24-15)17(13)14)23-20(27)18(21)11-6-4-3-5-7-11;/h8-11,18,24H,2-7,21H2,1H3,(H,23,27)(H,25,26);1H/t18-;/m1./s1. The van der Waals surface area contributed by atoms with Crippen LogP contribution in [0.15, 0.2) is 17.2 Å². The van der Waals surface area contributed by atoms with E-state index in [-0.39, 0.29) is 30.1 Å². The lowest BCUT2D eigenvalue weighted by Gasteiger charge is -2.26. The molecule has 1 aromatic carbocycles. The van der Waals surface area contributed by atoms with Crippen molar-refractivity contribution in [3.8, 4) is 0 Å². The topological polar surface area (TPSA) is 112 Å². The molecule has 0 radical (unpaired) electrons. The van der Waals surface area contributed by atoms with Gasteiger partial charge in [-0.1, -0.05) is 26.2 Å². The van der Waals surface area contributed by atoms with Gasteiger partial charge in [0.2, 0.25) is 5.91 Å². The number of benzene rings is 1. The van der Waals surface area contributed by atoms with Crippen molar-refractivity contribution in [1.82, 2.24) is 10.4 Å². The molecule has 8 heteroatoms. The molecule has 0 spiro atoms. The van der Waals surface area contributed by atoms with Gasteiger partial charge in [0.15, 0.2) is 0 Å². The number of nitrogens with zero attached hydrogens (tertiary/aromatic N) is 1. The first-order valence-electron chi connectivity index (χ1n) is 9.67. The van der Waals surface area contributed by atoms with Gasteiger partial charge < -0.3 is 16.0 Å². The van der Waals surface area contributed by atoms with Crippen LogP contribution < -0.4 is 16.5 Å². The summed E-state index contributed by atoms with van der Waals surface area (Å²) in [6.07, 6.45) is 7.94. The molecular formula is C20H26ClN5O2. The number of hydrogen-bond donors (Lipinski definition) is 4. The van der Waals surface area contributed by atoms with Crippen molar-refractivity contribution in [2.45, 2.75) is 51.5 Å². The molecule has 0 bridgehead atoms. The molecule has 2 aliphatic rings. The van der Waals surface area contributed by atoms with Gasteiger partial charge in [0, 0.05) is 27.8 Å². The number of hydrazone groups is 1. The molecule has 1 fully saturated rings. The van der Waals surface area contributed by atoms with E-state index in [1.165, 1.54) is 6.42 Å². The summed E-state index contributed by atoms with van der Waals surface area (Å²) >= 11 is 0. The predicted octanol–water partition coefficient (Wildman–Crippen LogP) is 3.08. The third-order valence-electron chi connectivity index (χ3n) is 5.70. The van der Waals surface area contributed by atoms with Crippen LogP contribution in [0.5, 0.6) is 0 Å². The zero-order valence-electron chi connectivity index (χ0n) is 15.9. The number of rotatable bonds is 4. The number of anilines is 1. The van der Waals surface area contributed by atoms with Crippen LogP contribution >= 0.6 is 12.4 Å². The number of aromatic nitrogens is 1. The summed E-state index contributed by atoms with van der Waals surface area (Å²) < 4.78 is 0. The molecule has 1 aromatic heterocycles. The molecule has 1 saturated carbocycles. The lowest BCUT2D eigenvalue weighted by molar-refractivity contribution is -0.118. The molecule has 1 atom stereocenters. The molecule has 2 aromatic rings. The highest BCUT2D eigenvalue weighted by molar-refractivity contribution is 6.16. The fourth-order valence-electron chi connectivity index (χ4n) is 4.23. The number of H-pyrrole nitrogens is 1. The van der Waals surface area contributed by atoms with E-state index in [1.807, 2.05) is 13.0 Å². The number of carbonyl (C=O) groups is 2. The van der Waals surface area contributed by atoms with Gasteiger partial charge in [-0.2, -0.15) is 5.10 Å². The molecule has 28 heavy (non-hydrogen) atoms. The Hall–Kier alpha value is -2.38. The van der Waals surface area contributed by atoms with Crippen LogP contribution in [0, 0.1) is 5.92 Å². The fourth-order valence-corrected chi connectivity index (χ4v) is 4.23. The monoisotopic (exact) mass is 403 g/mol. The van der Waals surface area contributed by atoms with Crippen molar-refractivity contribution in [3.05, 3.63) is 29.0 Å². The molecule has 4 rings (SSSR count). The number of carbonyl (C=O) groups excluding carboxylic acids is 2. The van der Waals surface area contributed by atoms with E-state index in [4.69, 9.17) is 5.73 Å². The Labute approximate surface area is 169 Å². The molecule has 2 amide bonds. The minimum Gasteiger partial charge on any atom is -0.358 e. The van der Waals surface area contributed by atoms with Crippen molar-refractivity contribution < 1.29 is 9.59 Å². The van der Waals surface area contributed by atoms with Crippen LogP contribution in [0.1, 0.15) is 60.6 Å². The second-order valence-electron chi connectivity index (χ2n) is 7.43. The smallest absolute Gasteiger partial charge is 0.272 e. The van der Waals surface area contributed by atoms with Crippen LogP contribution in [-0.4, -0.2) is 29.1 Å². The number of nitrogens with two attached hydrogens (primary N) is 1. The number of aromatic amines is 1. The summed E-state index contributed by atoms with van der Waals surface area (Å²) in [6, 6.07) is 3.04. The number of amides is 2. The average molecular weight is 404 g/mol. The third kappa shape index (κ3) is 3.64. The summed E-state index contributed by atoms with van der Waals surface area (Å²) in [7, 11) is 0. The highest BCUT2D eigenvalue weighted by Crippen LogP contribution is 2.31. The van der Waals surface area contributed by atoms with E-state index >= 15 is 0 Å².